The van der Waals surface area contributed by atoms with Gasteiger partial charge >= 0.3 is 5.97 Å². The lowest BCUT2D eigenvalue weighted by Gasteiger charge is -2.35. The lowest BCUT2D eigenvalue weighted by Crippen LogP contribution is -2.50. The molecule has 1 amide bonds. The molecule has 0 bridgehead atoms. The number of piperazine rings is 1. The average Bonchev–Trinajstić information content (AvgIpc) is 2.77. The van der Waals surface area contributed by atoms with Crippen molar-refractivity contribution in [3.8, 4) is 0 Å². The first-order chi connectivity index (χ1) is 13.7. The lowest BCUT2D eigenvalue weighted by molar-refractivity contribution is -0.156. The van der Waals surface area contributed by atoms with Crippen LogP contribution in [0, 0.1) is 11.8 Å². The molecule has 6 nitrogen and oxygen atoms in total. The molecule has 6 heteroatoms. The maximum Gasteiger partial charge on any atom is 0.309 e. The van der Waals surface area contributed by atoms with Gasteiger partial charge in [-0.2, -0.15) is 0 Å². The van der Waals surface area contributed by atoms with E-state index in [1.54, 1.807) is 11.1 Å². The topological polar surface area (TPSA) is 62.7 Å². The Balaban J connectivity index is 1.35. The Morgan fingerprint density at radius 1 is 1.11 bits per heavy atom. The Bertz CT molecular complexity index is 621. The monoisotopic (exact) mass is 387 g/mol. The van der Waals surface area contributed by atoms with Crippen molar-refractivity contribution in [3.05, 3.63) is 24.4 Å². The van der Waals surface area contributed by atoms with Crippen molar-refractivity contribution in [2.24, 2.45) is 11.8 Å². The number of pyridine rings is 1. The number of carbonyl (C=O) groups is 2. The van der Waals surface area contributed by atoms with Crippen molar-refractivity contribution in [1.29, 1.82) is 0 Å². The second kappa shape index (κ2) is 10.4. The highest BCUT2D eigenvalue weighted by Crippen LogP contribution is 2.32. The first kappa shape index (κ1) is 20.6. The van der Waals surface area contributed by atoms with Gasteiger partial charge in [-0.25, -0.2) is 4.98 Å². The predicted octanol–water partition coefficient (Wildman–Crippen LogP) is 3.27. The van der Waals surface area contributed by atoms with E-state index in [9.17, 15) is 9.59 Å². The van der Waals surface area contributed by atoms with Crippen molar-refractivity contribution in [2.75, 3.05) is 37.7 Å². The third kappa shape index (κ3) is 5.69. The fourth-order valence-electron chi connectivity index (χ4n) is 4.25. The number of hydrogen-bond donors (Lipinski definition) is 0. The number of amides is 1. The van der Waals surface area contributed by atoms with E-state index in [-0.39, 0.29) is 24.4 Å². The molecule has 0 spiro atoms. The van der Waals surface area contributed by atoms with Crippen molar-refractivity contribution >= 4 is 17.7 Å². The number of esters is 1. The molecule has 0 aromatic carbocycles. The molecule has 2 fully saturated rings. The highest BCUT2D eigenvalue weighted by Gasteiger charge is 2.28. The summed E-state index contributed by atoms with van der Waals surface area (Å²) in [5, 5.41) is 0. The number of aromatic nitrogens is 1. The number of unbranched alkanes of at least 4 members (excludes halogenated alkanes) is 1. The van der Waals surface area contributed by atoms with Crippen LogP contribution < -0.4 is 4.90 Å². The van der Waals surface area contributed by atoms with Gasteiger partial charge in [-0.3, -0.25) is 9.59 Å². The van der Waals surface area contributed by atoms with Crippen molar-refractivity contribution < 1.29 is 14.3 Å². The van der Waals surface area contributed by atoms with Crippen LogP contribution in [0.25, 0.3) is 0 Å². The van der Waals surface area contributed by atoms with E-state index in [4.69, 9.17) is 4.74 Å². The van der Waals surface area contributed by atoms with Crippen molar-refractivity contribution in [1.82, 2.24) is 9.88 Å². The molecule has 0 radical (unpaired) electrons. The van der Waals surface area contributed by atoms with Crippen molar-refractivity contribution in [3.63, 3.8) is 0 Å². The minimum Gasteiger partial charge on any atom is -0.455 e. The first-order valence-electron chi connectivity index (χ1n) is 10.8. The van der Waals surface area contributed by atoms with Crippen molar-refractivity contribution in [2.45, 2.75) is 51.9 Å². The molecule has 1 aliphatic heterocycles. The minimum atomic E-state index is -0.186. The van der Waals surface area contributed by atoms with Gasteiger partial charge in [0.1, 0.15) is 5.82 Å². The molecule has 0 unspecified atom stereocenters. The van der Waals surface area contributed by atoms with E-state index in [0.29, 0.717) is 13.1 Å². The van der Waals surface area contributed by atoms with Crippen LogP contribution in [-0.4, -0.2) is 54.5 Å². The second-order valence-corrected chi connectivity index (χ2v) is 8.02. The van der Waals surface area contributed by atoms with Crippen LogP contribution in [-0.2, 0) is 14.3 Å². The van der Waals surface area contributed by atoms with Crippen LogP contribution in [0.4, 0.5) is 5.82 Å². The number of hydrogen-bond acceptors (Lipinski definition) is 5. The summed E-state index contributed by atoms with van der Waals surface area (Å²) < 4.78 is 5.37. The molecular weight excluding hydrogens is 354 g/mol. The Labute approximate surface area is 168 Å². The van der Waals surface area contributed by atoms with Crippen LogP contribution in [0.15, 0.2) is 24.4 Å². The molecule has 2 heterocycles. The summed E-state index contributed by atoms with van der Waals surface area (Å²) in [6, 6.07) is 5.85. The van der Waals surface area contributed by atoms with E-state index >= 15 is 0 Å². The summed E-state index contributed by atoms with van der Waals surface area (Å²) in [5.74, 6) is 1.41. The summed E-state index contributed by atoms with van der Waals surface area (Å²) in [6.45, 7) is 4.86. The summed E-state index contributed by atoms with van der Waals surface area (Å²) in [5.41, 5.74) is 0. The third-order valence-electron chi connectivity index (χ3n) is 6.09. The predicted molar refractivity (Wildman–Crippen MR) is 109 cm³/mol. The molecule has 1 aromatic rings. The molecule has 0 atom stereocenters. The van der Waals surface area contributed by atoms with Crippen LogP contribution >= 0.6 is 0 Å². The highest BCUT2D eigenvalue weighted by molar-refractivity contribution is 5.81. The summed E-state index contributed by atoms with van der Waals surface area (Å²) in [4.78, 5) is 33.1. The summed E-state index contributed by atoms with van der Waals surface area (Å²) >= 11 is 0. The largest absolute Gasteiger partial charge is 0.455 e. The zero-order valence-electron chi connectivity index (χ0n) is 17.0. The van der Waals surface area contributed by atoms with E-state index in [0.717, 1.165) is 50.5 Å². The molecule has 0 N–H and O–H groups in total. The summed E-state index contributed by atoms with van der Waals surface area (Å²) in [7, 11) is 0. The van der Waals surface area contributed by atoms with E-state index in [2.05, 4.69) is 16.8 Å². The number of nitrogens with zero attached hydrogens (tertiary/aromatic N) is 3. The Kier molecular flexibility index (Phi) is 7.69. The fourth-order valence-corrected chi connectivity index (χ4v) is 4.25. The Morgan fingerprint density at radius 3 is 2.50 bits per heavy atom. The van der Waals surface area contributed by atoms with Crippen LogP contribution in [0.2, 0.25) is 0 Å². The Hall–Kier alpha value is -2.11. The number of rotatable bonds is 7. The van der Waals surface area contributed by atoms with E-state index < -0.39 is 0 Å². The van der Waals surface area contributed by atoms with Gasteiger partial charge in [0.15, 0.2) is 6.61 Å². The van der Waals surface area contributed by atoms with Gasteiger partial charge in [0.25, 0.3) is 5.91 Å². The smallest absolute Gasteiger partial charge is 0.309 e. The molecule has 28 heavy (non-hydrogen) atoms. The van der Waals surface area contributed by atoms with Crippen LogP contribution in [0.5, 0.6) is 0 Å². The highest BCUT2D eigenvalue weighted by atomic mass is 16.5. The van der Waals surface area contributed by atoms with Crippen LogP contribution in [0.3, 0.4) is 0 Å². The quantitative estimate of drug-likeness (QED) is 0.672. The maximum absolute atomic E-state index is 12.4. The minimum absolute atomic E-state index is 0.0216. The lowest BCUT2D eigenvalue weighted by atomic mass is 9.80. The summed E-state index contributed by atoms with van der Waals surface area (Å²) in [6.07, 6.45) is 9.62. The van der Waals surface area contributed by atoms with E-state index in [1.807, 2.05) is 18.2 Å². The van der Waals surface area contributed by atoms with E-state index in [1.165, 1.54) is 19.3 Å². The molecule has 1 saturated heterocycles. The number of ether oxygens (including phenoxy) is 1. The maximum atomic E-state index is 12.4. The van der Waals surface area contributed by atoms with Crippen LogP contribution in [0.1, 0.15) is 51.9 Å². The zero-order chi connectivity index (χ0) is 19.8. The molecule has 2 aliphatic rings. The standard InChI is InChI=1S/C22H33N3O3/c1-2-3-6-18-8-10-19(11-9-18)22(27)28-17-21(26)25-15-13-24(14-16-25)20-7-4-5-12-23-20/h4-5,7,12,18-19H,2-3,6,8-11,13-17H2,1H3. The van der Waals surface area contributed by atoms with Gasteiger partial charge in [-0.1, -0.05) is 32.3 Å². The average molecular weight is 388 g/mol. The molecule has 1 aliphatic carbocycles. The molecule has 154 valence electrons. The van der Waals surface area contributed by atoms with Gasteiger partial charge in [-0.05, 0) is 43.7 Å². The normalized spacial score (nSPS) is 22.8. The third-order valence-corrected chi connectivity index (χ3v) is 6.09. The number of anilines is 1. The molecule has 3 rings (SSSR count). The van der Waals surface area contributed by atoms with Gasteiger partial charge in [0, 0.05) is 32.4 Å². The Morgan fingerprint density at radius 2 is 1.86 bits per heavy atom. The SMILES string of the molecule is CCCCC1CCC(C(=O)OCC(=O)N2CCN(c3ccccn3)CC2)CC1. The van der Waals surface area contributed by atoms with Gasteiger partial charge < -0.3 is 14.5 Å². The van der Waals surface area contributed by atoms with Gasteiger partial charge in [-0.15, -0.1) is 0 Å². The zero-order valence-corrected chi connectivity index (χ0v) is 17.0. The van der Waals surface area contributed by atoms with Gasteiger partial charge in [0.05, 0.1) is 5.92 Å². The van der Waals surface area contributed by atoms with Gasteiger partial charge in [0.2, 0.25) is 0 Å². The first-order valence-corrected chi connectivity index (χ1v) is 10.8. The molecule has 1 saturated carbocycles. The molecule has 1 aromatic heterocycles. The fraction of sp³-hybridized carbons (Fsp3) is 0.682. The second-order valence-electron chi connectivity index (χ2n) is 8.02. The number of carbonyl (C=O) groups excluding carboxylic acids is 2. The molecular formula is C22H33N3O3.